The third-order valence-corrected chi connectivity index (χ3v) is 5.25. The van der Waals surface area contributed by atoms with Crippen LogP contribution in [-0.2, 0) is 17.8 Å². The summed E-state index contributed by atoms with van der Waals surface area (Å²) in [5.74, 6) is -1.18. The Morgan fingerprint density at radius 2 is 2.24 bits per heavy atom. The van der Waals surface area contributed by atoms with E-state index in [4.69, 9.17) is 0 Å². The highest BCUT2D eigenvalue weighted by Crippen LogP contribution is 2.39. The van der Waals surface area contributed by atoms with Crippen molar-refractivity contribution < 1.29 is 9.90 Å². The maximum atomic E-state index is 11.2. The van der Waals surface area contributed by atoms with E-state index < -0.39 is 11.9 Å². The Balaban J connectivity index is 1.81. The minimum atomic E-state index is -0.757. The van der Waals surface area contributed by atoms with Crippen LogP contribution in [0.3, 0.4) is 0 Å². The number of thiazole rings is 1. The fourth-order valence-corrected chi connectivity index (χ4v) is 3.83. The van der Waals surface area contributed by atoms with E-state index in [9.17, 15) is 9.90 Å². The number of hydrogen-bond acceptors (Lipinski definition) is 4. The Hall–Kier alpha value is -1.88. The lowest BCUT2D eigenvalue weighted by molar-refractivity contribution is -0.138. The van der Waals surface area contributed by atoms with Gasteiger partial charge < -0.3 is 10.0 Å². The van der Waals surface area contributed by atoms with E-state index in [0.29, 0.717) is 6.42 Å². The zero-order chi connectivity index (χ0) is 15.0. The van der Waals surface area contributed by atoms with Gasteiger partial charge in [0, 0.05) is 18.5 Å². The minimum Gasteiger partial charge on any atom is -0.481 e. The van der Waals surface area contributed by atoms with Crippen LogP contribution in [0.15, 0.2) is 24.3 Å². The van der Waals surface area contributed by atoms with Gasteiger partial charge in [0.2, 0.25) is 0 Å². The number of nitrogens with zero attached hydrogens (tertiary/aromatic N) is 2. The molecule has 3 rings (SSSR count). The zero-order valence-corrected chi connectivity index (χ0v) is 13.0. The van der Waals surface area contributed by atoms with E-state index in [-0.39, 0.29) is 0 Å². The third kappa shape index (κ3) is 2.65. The van der Waals surface area contributed by atoms with Gasteiger partial charge in [-0.15, -0.1) is 11.3 Å². The van der Waals surface area contributed by atoms with E-state index in [1.165, 1.54) is 11.1 Å². The van der Waals surface area contributed by atoms with Crippen LogP contribution in [0.25, 0.3) is 0 Å². The average Bonchev–Trinajstić information content (AvgIpc) is 3.00. The van der Waals surface area contributed by atoms with Crippen LogP contribution in [0.1, 0.15) is 34.0 Å². The van der Waals surface area contributed by atoms with Crippen LogP contribution in [0.5, 0.6) is 0 Å². The third-order valence-electron chi connectivity index (χ3n) is 4.00. The second kappa shape index (κ2) is 5.48. The van der Waals surface area contributed by atoms with Gasteiger partial charge in [0.15, 0.2) is 5.13 Å². The molecule has 2 aromatic rings. The van der Waals surface area contributed by atoms with E-state index in [0.717, 1.165) is 28.7 Å². The van der Waals surface area contributed by atoms with E-state index in [2.05, 4.69) is 28.9 Å². The summed E-state index contributed by atoms with van der Waals surface area (Å²) in [5.41, 5.74) is 3.31. The van der Waals surface area contributed by atoms with Gasteiger partial charge in [-0.2, -0.15) is 0 Å². The first-order valence-electron chi connectivity index (χ1n) is 7.04. The van der Waals surface area contributed by atoms with Crippen LogP contribution in [0.2, 0.25) is 0 Å². The van der Waals surface area contributed by atoms with Crippen LogP contribution in [0.4, 0.5) is 5.13 Å². The summed E-state index contributed by atoms with van der Waals surface area (Å²) in [7, 11) is 2.01. The van der Waals surface area contributed by atoms with Crippen LogP contribution >= 0.6 is 11.3 Å². The molecule has 0 saturated carbocycles. The van der Waals surface area contributed by atoms with Crippen LogP contribution in [-0.4, -0.2) is 23.1 Å². The molecule has 0 fully saturated rings. The van der Waals surface area contributed by atoms with E-state index in [1.807, 2.05) is 19.2 Å². The molecule has 0 bridgehead atoms. The molecule has 0 saturated heterocycles. The quantitative estimate of drug-likeness (QED) is 0.942. The number of fused-ring (bicyclic) bond motifs is 1. The summed E-state index contributed by atoms with van der Waals surface area (Å²) in [6.45, 7) is 2.89. The second-order valence-electron chi connectivity index (χ2n) is 5.52. The predicted molar refractivity (Wildman–Crippen MR) is 84.1 cm³/mol. The van der Waals surface area contributed by atoms with Gasteiger partial charge in [0.25, 0.3) is 0 Å². The van der Waals surface area contributed by atoms with E-state index >= 15 is 0 Å². The Morgan fingerprint density at radius 1 is 1.48 bits per heavy atom. The number of aryl methyl sites for hydroxylation is 2. The molecule has 21 heavy (non-hydrogen) atoms. The van der Waals surface area contributed by atoms with Crippen molar-refractivity contribution in [1.82, 2.24) is 4.98 Å². The highest BCUT2D eigenvalue weighted by molar-refractivity contribution is 7.15. The van der Waals surface area contributed by atoms with Crippen molar-refractivity contribution >= 4 is 22.4 Å². The Morgan fingerprint density at radius 3 is 2.95 bits per heavy atom. The van der Waals surface area contributed by atoms with Gasteiger partial charge in [0.1, 0.15) is 5.92 Å². The number of hydrogen-bond donors (Lipinski definition) is 1. The molecule has 1 aliphatic carbocycles. The number of anilines is 1. The molecule has 110 valence electrons. The Bertz CT molecular complexity index is 681. The van der Waals surface area contributed by atoms with Crippen LogP contribution < -0.4 is 4.90 Å². The lowest BCUT2D eigenvalue weighted by Gasteiger charge is -2.17. The molecule has 1 aromatic carbocycles. The topological polar surface area (TPSA) is 53.4 Å². The first kappa shape index (κ1) is 14.1. The first-order valence-corrected chi connectivity index (χ1v) is 7.86. The summed E-state index contributed by atoms with van der Waals surface area (Å²) in [5, 5.41) is 10.1. The monoisotopic (exact) mass is 302 g/mol. The zero-order valence-electron chi connectivity index (χ0n) is 12.2. The molecule has 4 nitrogen and oxygen atoms in total. The molecule has 1 heterocycles. The molecule has 1 N–H and O–H groups in total. The summed E-state index contributed by atoms with van der Waals surface area (Å²) in [4.78, 5) is 19.0. The van der Waals surface area contributed by atoms with Crippen molar-refractivity contribution in [1.29, 1.82) is 0 Å². The van der Waals surface area contributed by atoms with Gasteiger partial charge in [-0.05, 0) is 30.9 Å². The van der Waals surface area contributed by atoms with Gasteiger partial charge in [-0.3, -0.25) is 4.79 Å². The number of carboxylic acid groups (broad SMARTS) is 1. The summed E-state index contributed by atoms with van der Waals surface area (Å²) >= 11 is 1.63. The van der Waals surface area contributed by atoms with Crippen molar-refractivity contribution in [3.8, 4) is 0 Å². The first-order chi connectivity index (χ1) is 10.1. The predicted octanol–water partition coefficient (Wildman–Crippen LogP) is 3.20. The molecule has 0 spiro atoms. The SMILES string of the molecule is Cc1ccccc1CN(C)c1nc2c(s1)CCC2C(=O)O. The highest BCUT2D eigenvalue weighted by atomic mass is 32.1. The Kier molecular flexibility index (Phi) is 3.68. The number of rotatable bonds is 4. The summed E-state index contributed by atoms with van der Waals surface area (Å²) in [6.07, 6.45) is 1.52. The van der Waals surface area contributed by atoms with Crippen molar-refractivity contribution in [2.75, 3.05) is 11.9 Å². The molecule has 1 unspecified atom stereocenters. The van der Waals surface area contributed by atoms with Gasteiger partial charge >= 0.3 is 5.97 Å². The number of benzene rings is 1. The Labute approximate surface area is 128 Å². The summed E-state index contributed by atoms with van der Waals surface area (Å²) < 4.78 is 0. The number of aliphatic carboxylic acids is 1. The number of carbonyl (C=O) groups is 1. The van der Waals surface area contributed by atoms with Crippen molar-refractivity contribution in [3.05, 3.63) is 46.0 Å². The standard InChI is InChI=1S/C16H18N2O2S/c1-10-5-3-4-6-11(10)9-18(2)16-17-14-12(15(19)20)7-8-13(14)21-16/h3-6,12H,7-9H2,1-2H3,(H,19,20). The van der Waals surface area contributed by atoms with Gasteiger partial charge in [-0.25, -0.2) is 4.98 Å². The normalized spacial score (nSPS) is 16.8. The van der Waals surface area contributed by atoms with Crippen molar-refractivity contribution in [2.24, 2.45) is 0 Å². The van der Waals surface area contributed by atoms with Crippen LogP contribution in [0, 0.1) is 6.92 Å². The maximum Gasteiger partial charge on any atom is 0.312 e. The molecule has 0 radical (unpaired) electrons. The van der Waals surface area contributed by atoms with Gasteiger partial charge in [-0.1, -0.05) is 24.3 Å². The van der Waals surface area contributed by atoms with Gasteiger partial charge in [0.05, 0.1) is 5.69 Å². The molecule has 1 aromatic heterocycles. The molecule has 0 amide bonds. The largest absolute Gasteiger partial charge is 0.481 e. The fraction of sp³-hybridized carbons (Fsp3) is 0.375. The second-order valence-corrected chi connectivity index (χ2v) is 6.58. The van der Waals surface area contributed by atoms with Crippen molar-refractivity contribution in [2.45, 2.75) is 32.2 Å². The maximum absolute atomic E-state index is 11.2. The smallest absolute Gasteiger partial charge is 0.312 e. The molecular weight excluding hydrogens is 284 g/mol. The molecule has 1 aliphatic rings. The summed E-state index contributed by atoms with van der Waals surface area (Å²) in [6, 6.07) is 8.30. The fourth-order valence-electron chi connectivity index (χ4n) is 2.73. The molecular formula is C16H18N2O2S. The highest BCUT2D eigenvalue weighted by Gasteiger charge is 2.32. The minimum absolute atomic E-state index is 0.420. The lowest BCUT2D eigenvalue weighted by Crippen LogP contribution is -2.17. The molecule has 5 heteroatoms. The average molecular weight is 302 g/mol. The molecule has 1 atom stereocenters. The van der Waals surface area contributed by atoms with Crippen molar-refractivity contribution in [3.63, 3.8) is 0 Å². The molecule has 0 aliphatic heterocycles. The van der Waals surface area contributed by atoms with E-state index in [1.54, 1.807) is 11.3 Å². The number of aromatic nitrogens is 1. The lowest BCUT2D eigenvalue weighted by atomic mass is 10.1. The number of carboxylic acids is 1.